The predicted molar refractivity (Wildman–Crippen MR) is 95.7 cm³/mol. The molecule has 0 unspecified atom stereocenters. The molecule has 0 saturated carbocycles. The van der Waals surface area contributed by atoms with Gasteiger partial charge in [-0.15, -0.1) is 0 Å². The fraction of sp³-hybridized carbons (Fsp3) is 0.0500. The van der Waals surface area contributed by atoms with Gasteiger partial charge in [0.2, 0.25) is 5.91 Å². The first-order valence-electron chi connectivity index (χ1n) is 7.45. The van der Waals surface area contributed by atoms with E-state index in [1.165, 1.54) is 6.08 Å². The average molecular weight is 332 g/mol. The Bertz CT molecular complexity index is 857. The summed E-state index contributed by atoms with van der Waals surface area (Å²) in [5.74, 6) is -0.419. The second-order valence-electron chi connectivity index (χ2n) is 5.25. The molecule has 0 fully saturated rings. The van der Waals surface area contributed by atoms with Crippen LogP contribution >= 0.6 is 0 Å². The Morgan fingerprint density at radius 3 is 2.32 bits per heavy atom. The van der Waals surface area contributed by atoms with Crippen molar-refractivity contribution in [3.05, 3.63) is 77.9 Å². The molecule has 2 aromatic carbocycles. The number of carbonyl (C=O) groups is 2. The summed E-state index contributed by atoms with van der Waals surface area (Å²) in [5.41, 5.74) is 2.26. The molecule has 0 aliphatic rings. The highest BCUT2D eigenvalue weighted by Crippen LogP contribution is 2.16. The van der Waals surface area contributed by atoms with Crippen LogP contribution in [0, 0.1) is 11.3 Å². The molecule has 0 aliphatic heterocycles. The lowest BCUT2D eigenvalue weighted by atomic mass is 10.1. The van der Waals surface area contributed by atoms with Crippen molar-refractivity contribution < 1.29 is 14.3 Å². The summed E-state index contributed by atoms with van der Waals surface area (Å²) in [6, 6.07) is 15.3. The van der Waals surface area contributed by atoms with Gasteiger partial charge in [-0.25, -0.2) is 4.79 Å². The molecule has 2 rings (SSSR count). The van der Waals surface area contributed by atoms with Gasteiger partial charge < -0.3 is 10.1 Å². The second-order valence-corrected chi connectivity index (χ2v) is 5.25. The predicted octanol–water partition coefficient (Wildman–Crippen LogP) is 3.69. The van der Waals surface area contributed by atoms with Crippen LogP contribution in [0.3, 0.4) is 0 Å². The van der Waals surface area contributed by atoms with Crippen LogP contribution in [0.5, 0.6) is 5.75 Å². The fourth-order valence-electron chi connectivity index (χ4n) is 1.83. The summed E-state index contributed by atoms with van der Waals surface area (Å²) < 4.78 is 5.07. The van der Waals surface area contributed by atoms with E-state index in [0.717, 1.165) is 5.56 Å². The molecule has 0 spiro atoms. The molecule has 25 heavy (non-hydrogen) atoms. The Morgan fingerprint density at radius 1 is 1.12 bits per heavy atom. The molecule has 5 heteroatoms. The molecule has 124 valence electrons. The summed E-state index contributed by atoms with van der Waals surface area (Å²) in [4.78, 5) is 23.3. The number of nitrogens with zero attached hydrogens (tertiary/aromatic N) is 1. The third kappa shape index (κ3) is 5.48. The smallest absolute Gasteiger partial charge is 0.338 e. The van der Waals surface area contributed by atoms with E-state index in [4.69, 9.17) is 10.00 Å². The van der Waals surface area contributed by atoms with E-state index in [-0.39, 0.29) is 5.91 Å². The standard InChI is InChI=1S/C20H16N2O3/c1-14(2)20(24)25-18-10-8-17(9-11-18)22-19(23)12-7-15-3-5-16(13-21)6-4-15/h3-12H,1H2,2H3,(H,22,23). The molecule has 1 N–H and O–H groups in total. The van der Waals surface area contributed by atoms with Crippen molar-refractivity contribution >= 4 is 23.6 Å². The van der Waals surface area contributed by atoms with Crippen LogP contribution in [0.4, 0.5) is 5.69 Å². The number of amides is 1. The SMILES string of the molecule is C=C(C)C(=O)Oc1ccc(NC(=O)C=Cc2ccc(C#N)cc2)cc1. The van der Waals surface area contributed by atoms with Crippen molar-refractivity contribution in [2.45, 2.75) is 6.92 Å². The third-order valence-electron chi connectivity index (χ3n) is 3.15. The van der Waals surface area contributed by atoms with E-state index in [2.05, 4.69) is 11.9 Å². The summed E-state index contributed by atoms with van der Waals surface area (Å²) in [7, 11) is 0. The van der Waals surface area contributed by atoms with E-state index in [1.807, 2.05) is 6.07 Å². The van der Waals surface area contributed by atoms with Gasteiger partial charge in [0, 0.05) is 17.3 Å². The quantitative estimate of drug-likeness (QED) is 0.514. The molecule has 0 aromatic heterocycles. The van der Waals surface area contributed by atoms with Crippen molar-refractivity contribution in [1.82, 2.24) is 0 Å². The zero-order chi connectivity index (χ0) is 18.2. The lowest BCUT2D eigenvalue weighted by Gasteiger charge is -2.06. The minimum Gasteiger partial charge on any atom is -0.423 e. The minimum atomic E-state index is -0.498. The maximum atomic E-state index is 11.9. The maximum Gasteiger partial charge on any atom is 0.338 e. The third-order valence-corrected chi connectivity index (χ3v) is 3.15. The Hall–Kier alpha value is -3.65. The Kier molecular flexibility index (Phi) is 5.86. The second kappa shape index (κ2) is 8.27. The number of rotatable bonds is 5. The van der Waals surface area contributed by atoms with E-state index in [0.29, 0.717) is 22.6 Å². The first-order chi connectivity index (χ1) is 12.0. The van der Waals surface area contributed by atoms with Crippen molar-refractivity contribution in [1.29, 1.82) is 5.26 Å². The Balaban J connectivity index is 1.93. The van der Waals surface area contributed by atoms with Gasteiger partial charge in [0.25, 0.3) is 0 Å². The largest absolute Gasteiger partial charge is 0.423 e. The number of esters is 1. The number of nitriles is 1. The van der Waals surface area contributed by atoms with E-state index in [9.17, 15) is 9.59 Å². The average Bonchev–Trinajstić information content (AvgIpc) is 2.62. The first-order valence-corrected chi connectivity index (χ1v) is 7.45. The topological polar surface area (TPSA) is 79.2 Å². The van der Waals surface area contributed by atoms with Crippen LogP contribution in [0.1, 0.15) is 18.1 Å². The molecule has 0 atom stereocenters. The fourth-order valence-corrected chi connectivity index (χ4v) is 1.83. The highest BCUT2D eigenvalue weighted by Gasteiger charge is 2.05. The van der Waals surface area contributed by atoms with Gasteiger partial charge in [-0.05, 0) is 55.0 Å². The van der Waals surface area contributed by atoms with E-state index < -0.39 is 5.97 Å². The minimum absolute atomic E-state index is 0.295. The van der Waals surface area contributed by atoms with Crippen molar-refractivity contribution in [2.75, 3.05) is 5.32 Å². The number of hydrogen-bond donors (Lipinski definition) is 1. The van der Waals surface area contributed by atoms with Gasteiger partial charge in [-0.2, -0.15) is 5.26 Å². The molecule has 1 amide bonds. The summed E-state index contributed by atoms with van der Waals surface area (Å²) in [6.07, 6.45) is 3.05. The van der Waals surface area contributed by atoms with Gasteiger partial charge in [-0.3, -0.25) is 4.79 Å². The van der Waals surface area contributed by atoms with E-state index in [1.54, 1.807) is 61.5 Å². The summed E-state index contributed by atoms with van der Waals surface area (Å²) in [6.45, 7) is 5.07. The van der Waals surface area contributed by atoms with Gasteiger partial charge in [0.05, 0.1) is 11.6 Å². The van der Waals surface area contributed by atoms with Crippen molar-refractivity contribution in [3.63, 3.8) is 0 Å². The molecule has 0 heterocycles. The number of hydrogen-bond acceptors (Lipinski definition) is 4. The molecule has 0 aliphatic carbocycles. The number of ether oxygens (including phenoxy) is 1. The molecular weight excluding hydrogens is 316 g/mol. The van der Waals surface area contributed by atoms with Crippen molar-refractivity contribution in [2.24, 2.45) is 0 Å². The van der Waals surface area contributed by atoms with Crippen LogP contribution in [-0.4, -0.2) is 11.9 Å². The number of carbonyl (C=O) groups excluding carboxylic acids is 2. The van der Waals surface area contributed by atoms with Gasteiger partial charge in [0.1, 0.15) is 5.75 Å². The van der Waals surface area contributed by atoms with Crippen LogP contribution in [0.2, 0.25) is 0 Å². The molecule has 0 bridgehead atoms. The van der Waals surface area contributed by atoms with Gasteiger partial charge in [0.15, 0.2) is 0 Å². The zero-order valence-electron chi connectivity index (χ0n) is 13.7. The van der Waals surface area contributed by atoms with E-state index >= 15 is 0 Å². The van der Waals surface area contributed by atoms with Crippen molar-refractivity contribution in [3.8, 4) is 11.8 Å². The van der Waals surface area contributed by atoms with Crippen LogP contribution in [0.25, 0.3) is 6.08 Å². The summed E-state index contributed by atoms with van der Waals surface area (Å²) >= 11 is 0. The lowest BCUT2D eigenvalue weighted by molar-refractivity contribution is -0.130. The molecule has 0 radical (unpaired) electrons. The zero-order valence-corrected chi connectivity index (χ0v) is 13.7. The van der Waals surface area contributed by atoms with Crippen LogP contribution in [0.15, 0.2) is 66.8 Å². The number of benzene rings is 2. The summed E-state index contributed by atoms with van der Waals surface area (Å²) in [5, 5.41) is 11.4. The normalized spacial score (nSPS) is 10.1. The van der Waals surface area contributed by atoms with Crippen LogP contribution < -0.4 is 10.1 Å². The molecular formula is C20H16N2O3. The Labute approximate surface area is 145 Å². The number of nitrogens with one attached hydrogen (secondary N) is 1. The number of anilines is 1. The molecule has 0 saturated heterocycles. The monoisotopic (exact) mass is 332 g/mol. The Morgan fingerprint density at radius 2 is 1.76 bits per heavy atom. The first kappa shape index (κ1) is 17.7. The lowest BCUT2D eigenvalue weighted by Crippen LogP contribution is -2.09. The highest BCUT2D eigenvalue weighted by atomic mass is 16.5. The molecule has 5 nitrogen and oxygen atoms in total. The highest BCUT2D eigenvalue weighted by molar-refractivity contribution is 6.02. The van der Waals surface area contributed by atoms with Crippen LogP contribution in [-0.2, 0) is 9.59 Å². The van der Waals surface area contributed by atoms with Gasteiger partial charge in [-0.1, -0.05) is 18.7 Å². The van der Waals surface area contributed by atoms with Gasteiger partial charge >= 0.3 is 5.97 Å². The molecule has 2 aromatic rings. The maximum absolute atomic E-state index is 11.9.